The standard InChI is InChI=1S/C13H19N3O3/c17-10-2-5-14-6-8-15(9-7-14)12-3-1-4-13(11-12)16(18)19/h1,3-4,11,17H,2,5-10H2. The molecule has 6 heteroatoms. The van der Waals surface area contributed by atoms with Crippen LogP contribution in [0.3, 0.4) is 0 Å². The summed E-state index contributed by atoms with van der Waals surface area (Å²) in [5.74, 6) is 0. The minimum Gasteiger partial charge on any atom is -0.396 e. The van der Waals surface area contributed by atoms with Gasteiger partial charge in [0.25, 0.3) is 5.69 Å². The molecule has 19 heavy (non-hydrogen) atoms. The second-order valence-electron chi connectivity index (χ2n) is 4.68. The first-order valence-electron chi connectivity index (χ1n) is 6.53. The zero-order valence-corrected chi connectivity index (χ0v) is 10.9. The highest BCUT2D eigenvalue weighted by molar-refractivity contribution is 5.53. The van der Waals surface area contributed by atoms with Gasteiger partial charge in [0.2, 0.25) is 0 Å². The maximum atomic E-state index is 10.8. The molecule has 0 aliphatic carbocycles. The smallest absolute Gasteiger partial charge is 0.271 e. The first kappa shape index (κ1) is 13.8. The molecule has 0 saturated carbocycles. The predicted molar refractivity (Wildman–Crippen MR) is 73.5 cm³/mol. The minimum atomic E-state index is -0.360. The van der Waals surface area contributed by atoms with Gasteiger partial charge in [-0.25, -0.2) is 0 Å². The van der Waals surface area contributed by atoms with E-state index in [0.29, 0.717) is 0 Å². The molecule has 104 valence electrons. The fourth-order valence-electron chi connectivity index (χ4n) is 2.33. The van der Waals surface area contributed by atoms with E-state index >= 15 is 0 Å². The molecule has 0 spiro atoms. The third-order valence-electron chi connectivity index (χ3n) is 3.41. The third kappa shape index (κ3) is 3.65. The van der Waals surface area contributed by atoms with E-state index in [1.807, 2.05) is 6.07 Å². The molecule has 1 fully saturated rings. The summed E-state index contributed by atoms with van der Waals surface area (Å²) in [6, 6.07) is 6.78. The van der Waals surface area contributed by atoms with Crippen LogP contribution < -0.4 is 4.90 Å². The number of hydrogen-bond donors (Lipinski definition) is 1. The summed E-state index contributed by atoms with van der Waals surface area (Å²) >= 11 is 0. The summed E-state index contributed by atoms with van der Waals surface area (Å²) in [6.45, 7) is 4.74. The Morgan fingerprint density at radius 1 is 1.26 bits per heavy atom. The Morgan fingerprint density at radius 2 is 2.00 bits per heavy atom. The molecule has 0 aromatic heterocycles. The van der Waals surface area contributed by atoms with Gasteiger partial charge in [-0.1, -0.05) is 6.07 Å². The summed E-state index contributed by atoms with van der Waals surface area (Å²) in [7, 11) is 0. The first-order valence-corrected chi connectivity index (χ1v) is 6.53. The van der Waals surface area contributed by atoms with Crippen LogP contribution in [-0.2, 0) is 0 Å². The second kappa shape index (κ2) is 6.49. The molecule has 1 N–H and O–H groups in total. The topological polar surface area (TPSA) is 69.9 Å². The molecule has 0 atom stereocenters. The van der Waals surface area contributed by atoms with Crippen molar-refractivity contribution in [2.24, 2.45) is 0 Å². The maximum Gasteiger partial charge on any atom is 0.271 e. The Kier molecular flexibility index (Phi) is 4.70. The number of non-ortho nitro benzene ring substituents is 1. The number of piperazine rings is 1. The SMILES string of the molecule is O=[N+]([O-])c1cccc(N2CCN(CCCO)CC2)c1. The predicted octanol–water partition coefficient (Wildman–Crippen LogP) is 1.10. The lowest BCUT2D eigenvalue weighted by molar-refractivity contribution is -0.384. The fourth-order valence-corrected chi connectivity index (χ4v) is 2.33. The van der Waals surface area contributed by atoms with Crippen LogP contribution in [0.15, 0.2) is 24.3 Å². The van der Waals surface area contributed by atoms with E-state index in [1.165, 1.54) is 6.07 Å². The van der Waals surface area contributed by atoms with Gasteiger partial charge in [0.15, 0.2) is 0 Å². The molecular formula is C13H19N3O3. The monoisotopic (exact) mass is 265 g/mol. The Bertz CT molecular complexity index is 431. The van der Waals surface area contributed by atoms with Gasteiger partial charge >= 0.3 is 0 Å². The quantitative estimate of drug-likeness (QED) is 0.637. The lowest BCUT2D eigenvalue weighted by atomic mass is 10.2. The number of nitro benzene ring substituents is 1. The molecule has 1 aromatic rings. The van der Waals surface area contributed by atoms with Gasteiger partial charge in [0, 0.05) is 57.2 Å². The molecule has 6 nitrogen and oxygen atoms in total. The van der Waals surface area contributed by atoms with Gasteiger partial charge in [0.1, 0.15) is 0 Å². The summed E-state index contributed by atoms with van der Waals surface area (Å²) in [5.41, 5.74) is 1.05. The molecule has 1 aliphatic heterocycles. The molecular weight excluding hydrogens is 246 g/mol. The summed E-state index contributed by atoms with van der Waals surface area (Å²) in [6.07, 6.45) is 0.802. The average molecular weight is 265 g/mol. The molecule has 1 aliphatic rings. The highest BCUT2D eigenvalue weighted by Gasteiger charge is 2.18. The van der Waals surface area contributed by atoms with E-state index in [1.54, 1.807) is 12.1 Å². The summed E-state index contributed by atoms with van der Waals surface area (Å²) in [4.78, 5) is 14.9. The molecule has 2 rings (SSSR count). The van der Waals surface area contributed by atoms with Gasteiger partial charge in [-0.2, -0.15) is 0 Å². The largest absolute Gasteiger partial charge is 0.396 e. The van der Waals surface area contributed by atoms with Crippen molar-refractivity contribution in [2.75, 3.05) is 44.2 Å². The number of benzene rings is 1. The molecule has 1 heterocycles. The zero-order valence-electron chi connectivity index (χ0n) is 10.9. The first-order chi connectivity index (χ1) is 9.20. The molecule has 1 aromatic carbocycles. The van der Waals surface area contributed by atoms with Gasteiger partial charge in [0.05, 0.1) is 4.92 Å². The fraction of sp³-hybridized carbons (Fsp3) is 0.538. The zero-order chi connectivity index (χ0) is 13.7. The van der Waals surface area contributed by atoms with Crippen LogP contribution in [0.25, 0.3) is 0 Å². The van der Waals surface area contributed by atoms with Crippen LogP contribution in [0.2, 0.25) is 0 Å². The molecule has 0 bridgehead atoms. The molecule has 1 saturated heterocycles. The van der Waals surface area contributed by atoms with E-state index in [2.05, 4.69) is 9.80 Å². The number of rotatable bonds is 5. The van der Waals surface area contributed by atoms with Crippen molar-refractivity contribution >= 4 is 11.4 Å². The number of nitrogens with zero attached hydrogens (tertiary/aromatic N) is 3. The van der Waals surface area contributed by atoms with Crippen LogP contribution in [0, 0.1) is 10.1 Å². The van der Waals surface area contributed by atoms with Crippen LogP contribution in [0.1, 0.15) is 6.42 Å². The van der Waals surface area contributed by atoms with E-state index in [-0.39, 0.29) is 17.2 Å². The summed E-state index contributed by atoms with van der Waals surface area (Å²) < 4.78 is 0. The van der Waals surface area contributed by atoms with Crippen molar-refractivity contribution in [3.05, 3.63) is 34.4 Å². The number of nitro groups is 1. The summed E-state index contributed by atoms with van der Waals surface area (Å²) in [5, 5.41) is 19.6. The van der Waals surface area contributed by atoms with Gasteiger partial charge < -0.3 is 10.0 Å². The van der Waals surface area contributed by atoms with E-state index in [9.17, 15) is 10.1 Å². The van der Waals surface area contributed by atoms with Gasteiger partial charge in [-0.3, -0.25) is 15.0 Å². The third-order valence-corrected chi connectivity index (χ3v) is 3.41. The van der Waals surface area contributed by atoms with E-state index in [4.69, 9.17) is 5.11 Å². The molecule has 0 unspecified atom stereocenters. The van der Waals surface area contributed by atoms with Crippen molar-refractivity contribution in [3.63, 3.8) is 0 Å². The maximum absolute atomic E-state index is 10.8. The van der Waals surface area contributed by atoms with Crippen molar-refractivity contribution in [2.45, 2.75) is 6.42 Å². The Labute approximate surface area is 112 Å². The van der Waals surface area contributed by atoms with Crippen LogP contribution >= 0.6 is 0 Å². The van der Waals surface area contributed by atoms with Crippen molar-refractivity contribution < 1.29 is 10.0 Å². The highest BCUT2D eigenvalue weighted by atomic mass is 16.6. The minimum absolute atomic E-state index is 0.139. The van der Waals surface area contributed by atoms with Crippen LogP contribution in [-0.4, -0.2) is 54.3 Å². The highest BCUT2D eigenvalue weighted by Crippen LogP contribution is 2.22. The normalized spacial score (nSPS) is 16.6. The van der Waals surface area contributed by atoms with Gasteiger partial charge in [-0.05, 0) is 12.5 Å². The van der Waals surface area contributed by atoms with Crippen molar-refractivity contribution in [1.29, 1.82) is 0 Å². The van der Waals surface area contributed by atoms with Gasteiger partial charge in [-0.15, -0.1) is 0 Å². The average Bonchev–Trinajstić information content (AvgIpc) is 2.46. The lowest BCUT2D eigenvalue weighted by Gasteiger charge is -2.35. The molecule has 0 radical (unpaired) electrons. The van der Waals surface area contributed by atoms with Crippen LogP contribution in [0.5, 0.6) is 0 Å². The molecule has 0 amide bonds. The lowest BCUT2D eigenvalue weighted by Crippen LogP contribution is -2.46. The number of anilines is 1. The van der Waals surface area contributed by atoms with Crippen molar-refractivity contribution in [1.82, 2.24) is 4.90 Å². The van der Waals surface area contributed by atoms with E-state index < -0.39 is 0 Å². The second-order valence-corrected chi connectivity index (χ2v) is 4.68. The Balaban J connectivity index is 1.94. The van der Waals surface area contributed by atoms with Crippen LogP contribution in [0.4, 0.5) is 11.4 Å². The Hall–Kier alpha value is -1.66. The number of hydrogen-bond acceptors (Lipinski definition) is 5. The Morgan fingerprint density at radius 3 is 2.63 bits per heavy atom. The van der Waals surface area contributed by atoms with Crippen molar-refractivity contribution in [3.8, 4) is 0 Å². The van der Waals surface area contributed by atoms with E-state index in [0.717, 1.165) is 44.8 Å². The number of aliphatic hydroxyl groups excluding tert-OH is 1. The number of aliphatic hydroxyl groups is 1.